The van der Waals surface area contributed by atoms with Crippen LogP contribution in [-0.2, 0) is 0 Å². The molecule has 10 heteroatoms. The third kappa shape index (κ3) is 6.13. The van der Waals surface area contributed by atoms with Crippen molar-refractivity contribution in [2.75, 3.05) is 25.7 Å². The van der Waals surface area contributed by atoms with E-state index in [0.717, 1.165) is 33.8 Å². The van der Waals surface area contributed by atoms with E-state index in [4.69, 9.17) is 20.9 Å². The Hall–Kier alpha value is -5.90. The number of anilines is 2. The monoisotopic (exact) mass is 556 g/mol. The van der Waals surface area contributed by atoms with Crippen molar-refractivity contribution in [1.82, 2.24) is 30.4 Å². The molecule has 10 nitrogen and oxygen atoms in total. The number of ether oxygens (including phenoxy) is 2. The van der Waals surface area contributed by atoms with Crippen molar-refractivity contribution in [3.63, 3.8) is 0 Å². The van der Waals surface area contributed by atoms with Crippen molar-refractivity contribution in [2.45, 2.75) is 0 Å². The first kappa shape index (κ1) is 27.7. The normalized spacial score (nSPS) is 10.3. The highest BCUT2D eigenvalue weighted by Crippen LogP contribution is 2.35. The van der Waals surface area contributed by atoms with Gasteiger partial charge in [0, 0.05) is 22.3 Å². The molecule has 0 saturated heterocycles. The molecule has 4 N–H and O–H groups in total. The summed E-state index contributed by atoms with van der Waals surface area (Å²) >= 11 is 0. The fourth-order valence-electron chi connectivity index (χ4n) is 4.31. The van der Waals surface area contributed by atoms with Gasteiger partial charge >= 0.3 is 0 Å². The first-order valence-corrected chi connectivity index (χ1v) is 13.0. The Morgan fingerprint density at radius 3 is 1.17 bits per heavy atom. The second-order valence-electron chi connectivity index (χ2n) is 8.87. The molecule has 2 aromatic heterocycles. The van der Waals surface area contributed by atoms with Crippen LogP contribution in [0.2, 0.25) is 0 Å². The van der Waals surface area contributed by atoms with Crippen molar-refractivity contribution in [3.05, 3.63) is 109 Å². The van der Waals surface area contributed by atoms with E-state index in [1.54, 1.807) is 14.2 Å². The topological polar surface area (TPSA) is 148 Å². The van der Waals surface area contributed by atoms with Gasteiger partial charge < -0.3 is 20.9 Å². The van der Waals surface area contributed by atoms with Gasteiger partial charge in [-0.1, -0.05) is 84.9 Å². The number of hydrogen-bond donors (Lipinski definition) is 2. The van der Waals surface area contributed by atoms with Gasteiger partial charge in [-0.2, -0.15) is 0 Å². The molecule has 0 unspecified atom stereocenters. The third-order valence-electron chi connectivity index (χ3n) is 6.22. The zero-order valence-electron chi connectivity index (χ0n) is 23.0. The fourth-order valence-corrected chi connectivity index (χ4v) is 4.31. The van der Waals surface area contributed by atoms with Crippen molar-refractivity contribution in [3.8, 4) is 56.5 Å². The Balaban J connectivity index is 0.000000168. The van der Waals surface area contributed by atoms with Crippen LogP contribution in [0, 0.1) is 0 Å². The molecule has 0 spiro atoms. The van der Waals surface area contributed by atoms with Gasteiger partial charge in [-0.05, 0) is 24.3 Å². The van der Waals surface area contributed by atoms with E-state index in [9.17, 15) is 0 Å². The summed E-state index contributed by atoms with van der Waals surface area (Å²) < 4.78 is 10.8. The van der Waals surface area contributed by atoms with Gasteiger partial charge in [0.1, 0.15) is 34.3 Å². The fraction of sp³-hybridized carbons (Fsp3) is 0.0625. The second-order valence-corrected chi connectivity index (χ2v) is 8.87. The Morgan fingerprint density at radius 2 is 0.786 bits per heavy atom. The maximum atomic E-state index is 5.70. The number of nitrogens with two attached hydrogens (primary N) is 2. The van der Waals surface area contributed by atoms with E-state index in [1.807, 2.05) is 109 Å². The maximum Gasteiger partial charge on any atom is 0.240 e. The molecule has 0 saturated carbocycles. The molecule has 6 aromatic rings. The molecule has 0 fully saturated rings. The highest BCUT2D eigenvalue weighted by Gasteiger charge is 2.17. The zero-order valence-corrected chi connectivity index (χ0v) is 23.0. The summed E-state index contributed by atoms with van der Waals surface area (Å²) in [4.78, 5) is 8.69. The molecule has 0 aliphatic carbocycles. The van der Waals surface area contributed by atoms with Crippen molar-refractivity contribution < 1.29 is 9.47 Å². The average molecular weight is 557 g/mol. The Labute approximate surface area is 243 Å². The predicted octanol–water partition coefficient (Wildman–Crippen LogP) is 5.59. The Morgan fingerprint density at radius 1 is 0.429 bits per heavy atom. The smallest absolute Gasteiger partial charge is 0.240 e. The number of nitrogens with zero attached hydrogens (tertiary/aromatic N) is 6. The summed E-state index contributed by atoms with van der Waals surface area (Å²) in [5.41, 5.74) is 17.6. The lowest BCUT2D eigenvalue weighted by Gasteiger charge is -2.11. The van der Waals surface area contributed by atoms with Crippen LogP contribution in [0.1, 0.15) is 0 Å². The van der Waals surface area contributed by atoms with E-state index >= 15 is 0 Å². The first-order valence-electron chi connectivity index (χ1n) is 13.0. The molecule has 0 amide bonds. The molecule has 0 bridgehead atoms. The number of nitrogen functional groups attached to an aromatic ring is 2. The lowest BCUT2D eigenvalue weighted by atomic mass is 10.0. The van der Waals surface area contributed by atoms with Crippen LogP contribution in [0.25, 0.3) is 45.0 Å². The minimum Gasteiger partial charge on any atom is -0.496 e. The van der Waals surface area contributed by atoms with Gasteiger partial charge in [-0.25, -0.2) is 9.97 Å². The molecule has 6 rings (SSSR count). The van der Waals surface area contributed by atoms with Gasteiger partial charge in [0.25, 0.3) is 0 Å². The van der Waals surface area contributed by atoms with Crippen LogP contribution in [0.4, 0.5) is 11.9 Å². The lowest BCUT2D eigenvalue weighted by molar-refractivity contribution is 0.416. The molecule has 0 aliphatic heterocycles. The van der Waals surface area contributed by atoms with Crippen molar-refractivity contribution in [1.29, 1.82) is 0 Å². The zero-order chi connectivity index (χ0) is 29.3. The minimum atomic E-state index is 0.146. The average Bonchev–Trinajstić information content (AvgIpc) is 3.06. The van der Waals surface area contributed by atoms with E-state index in [0.29, 0.717) is 22.8 Å². The molecule has 2 heterocycles. The van der Waals surface area contributed by atoms with Crippen molar-refractivity contribution in [2.24, 2.45) is 0 Å². The van der Waals surface area contributed by atoms with Crippen LogP contribution in [0.3, 0.4) is 0 Å². The van der Waals surface area contributed by atoms with Gasteiger partial charge in [0.2, 0.25) is 11.9 Å². The number of aromatic nitrogens is 6. The number of para-hydroxylation sites is 2. The summed E-state index contributed by atoms with van der Waals surface area (Å²) in [6.45, 7) is 0. The molecule has 0 atom stereocenters. The first-order chi connectivity index (χ1) is 20.6. The van der Waals surface area contributed by atoms with Crippen LogP contribution in [-0.4, -0.2) is 44.6 Å². The molecule has 208 valence electrons. The largest absolute Gasteiger partial charge is 0.496 e. The third-order valence-corrected chi connectivity index (χ3v) is 6.22. The lowest BCUT2D eigenvalue weighted by Crippen LogP contribution is -2.03. The molecular formula is C32H28N8O2. The molecule has 0 radical (unpaired) electrons. The summed E-state index contributed by atoms with van der Waals surface area (Å²) in [6.07, 6.45) is 0. The van der Waals surface area contributed by atoms with Crippen LogP contribution in [0.5, 0.6) is 11.5 Å². The molecular weight excluding hydrogens is 528 g/mol. The van der Waals surface area contributed by atoms with Gasteiger partial charge in [-0.15, -0.1) is 20.4 Å². The van der Waals surface area contributed by atoms with Crippen LogP contribution < -0.4 is 20.9 Å². The summed E-state index contributed by atoms with van der Waals surface area (Å²) in [5, 5.41) is 16.2. The van der Waals surface area contributed by atoms with Gasteiger partial charge in [0.05, 0.1) is 14.2 Å². The molecule has 42 heavy (non-hydrogen) atoms. The Kier molecular flexibility index (Phi) is 8.54. The Bertz CT molecular complexity index is 1650. The van der Waals surface area contributed by atoms with Gasteiger partial charge in [0.15, 0.2) is 0 Å². The number of methoxy groups -OCH3 is 2. The van der Waals surface area contributed by atoms with Crippen LogP contribution >= 0.6 is 0 Å². The summed E-state index contributed by atoms with van der Waals surface area (Å²) in [6, 6.07) is 34.8. The van der Waals surface area contributed by atoms with E-state index in [1.165, 1.54) is 0 Å². The molecule has 4 aromatic carbocycles. The number of hydrogen-bond acceptors (Lipinski definition) is 10. The van der Waals surface area contributed by atoms with E-state index in [-0.39, 0.29) is 11.9 Å². The second kappa shape index (κ2) is 13.0. The number of rotatable bonds is 6. The summed E-state index contributed by atoms with van der Waals surface area (Å²) in [7, 11) is 3.25. The van der Waals surface area contributed by atoms with Crippen LogP contribution in [0.15, 0.2) is 109 Å². The van der Waals surface area contributed by atoms with E-state index < -0.39 is 0 Å². The van der Waals surface area contributed by atoms with Gasteiger partial charge in [-0.3, -0.25) is 0 Å². The quantitative estimate of drug-likeness (QED) is 0.266. The molecule has 0 aliphatic rings. The highest BCUT2D eigenvalue weighted by atomic mass is 16.5. The van der Waals surface area contributed by atoms with E-state index in [2.05, 4.69) is 30.4 Å². The highest BCUT2D eigenvalue weighted by molar-refractivity contribution is 5.82. The number of benzene rings is 4. The summed E-state index contributed by atoms with van der Waals surface area (Å²) in [5.74, 6) is 1.73. The SMILES string of the molecule is COc1ccccc1-c1nnc(N)nc1-c1ccccc1.COc1ccccc1-c1nnc(N)nc1-c1ccccc1. The minimum absolute atomic E-state index is 0.146. The standard InChI is InChI=1S/2C16H14N4O/c2*1-21-13-10-6-5-9-12(13)15-14(18-16(17)20-19-15)11-7-3-2-4-8-11/h2*2-10H,1H3,(H2,17,18,20). The predicted molar refractivity (Wildman–Crippen MR) is 163 cm³/mol. The maximum absolute atomic E-state index is 5.70. The van der Waals surface area contributed by atoms with Crippen molar-refractivity contribution >= 4 is 11.9 Å².